The number of rotatable bonds is 5. The first kappa shape index (κ1) is 15.0. The summed E-state index contributed by atoms with van der Waals surface area (Å²) in [5, 5.41) is 0. The molecular weight excluding hydrogens is 244 g/mol. The second-order valence-corrected chi connectivity index (χ2v) is 3.86. The second kappa shape index (κ2) is 7.36. The smallest absolute Gasteiger partial charge is 0.345 e. The van der Waals surface area contributed by atoms with E-state index in [0.29, 0.717) is 0 Å². The summed E-state index contributed by atoms with van der Waals surface area (Å²) in [6.07, 6.45) is 1.51. The number of hydrogen-bond acceptors (Lipinski definition) is 4. The van der Waals surface area contributed by atoms with Crippen LogP contribution in [0.2, 0.25) is 0 Å². The summed E-state index contributed by atoms with van der Waals surface area (Å²) in [4.78, 5) is 23.6. The molecule has 0 amide bonds. The molecule has 0 unspecified atom stereocenters. The maximum absolute atomic E-state index is 11.8. The van der Waals surface area contributed by atoms with Crippen LogP contribution in [0, 0.1) is 6.92 Å². The van der Waals surface area contributed by atoms with Crippen LogP contribution in [-0.4, -0.2) is 25.2 Å². The fraction of sp³-hybridized carbons (Fsp3) is 0.333. The molecule has 0 aromatic heterocycles. The molecule has 0 saturated heterocycles. The molecule has 102 valence electrons. The molecular formula is C15H18O4. The zero-order valence-corrected chi connectivity index (χ0v) is 11.4. The normalized spacial score (nSPS) is 9.63. The Labute approximate surface area is 113 Å². The largest absolute Gasteiger partial charge is 0.462 e. The van der Waals surface area contributed by atoms with Gasteiger partial charge in [-0.15, -0.1) is 0 Å². The van der Waals surface area contributed by atoms with E-state index in [1.54, 1.807) is 13.8 Å². The number of carbonyl (C=O) groups is 2. The molecule has 0 fully saturated rings. The molecule has 0 bridgehead atoms. The lowest BCUT2D eigenvalue weighted by Crippen LogP contribution is -2.18. The van der Waals surface area contributed by atoms with Crippen LogP contribution in [0.25, 0.3) is 6.08 Å². The Morgan fingerprint density at radius 2 is 1.58 bits per heavy atom. The predicted molar refractivity (Wildman–Crippen MR) is 72.4 cm³/mol. The Morgan fingerprint density at radius 1 is 1.05 bits per heavy atom. The van der Waals surface area contributed by atoms with E-state index in [1.165, 1.54) is 6.08 Å². The molecule has 0 aliphatic carbocycles. The van der Waals surface area contributed by atoms with Crippen molar-refractivity contribution in [2.75, 3.05) is 13.2 Å². The van der Waals surface area contributed by atoms with Crippen LogP contribution >= 0.6 is 0 Å². The molecule has 0 aliphatic rings. The van der Waals surface area contributed by atoms with Crippen LogP contribution in [0.1, 0.15) is 25.0 Å². The predicted octanol–water partition coefficient (Wildman–Crippen LogP) is 2.50. The van der Waals surface area contributed by atoms with Gasteiger partial charge < -0.3 is 9.47 Å². The fourth-order valence-electron chi connectivity index (χ4n) is 1.52. The van der Waals surface area contributed by atoms with Crippen molar-refractivity contribution in [2.24, 2.45) is 0 Å². The van der Waals surface area contributed by atoms with Gasteiger partial charge in [0.25, 0.3) is 0 Å². The molecule has 4 nitrogen and oxygen atoms in total. The van der Waals surface area contributed by atoms with Gasteiger partial charge in [-0.05, 0) is 38.0 Å². The summed E-state index contributed by atoms with van der Waals surface area (Å²) in [7, 11) is 0. The maximum atomic E-state index is 11.8. The van der Waals surface area contributed by atoms with Crippen LogP contribution in [-0.2, 0) is 19.1 Å². The van der Waals surface area contributed by atoms with E-state index < -0.39 is 11.9 Å². The maximum Gasteiger partial charge on any atom is 0.345 e. The third-order valence-corrected chi connectivity index (χ3v) is 2.48. The number of hydrogen-bond donors (Lipinski definition) is 0. The van der Waals surface area contributed by atoms with Gasteiger partial charge in [-0.25, -0.2) is 9.59 Å². The zero-order chi connectivity index (χ0) is 14.3. The third-order valence-electron chi connectivity index (χ3n) is 2.48. The van der Waals surface area contributed by atoms with Crippen LogP contribution in [0.15, 0.2) is 29.8 Å². The lowest BCUT2D eigenvalue weighted by molar-refractivity contribution is -0.146. The number of benzene rings is 1. The Balaban J connectivity index is 3.12. The van der Waals surface area contributed by atoms with E-state index >= 15 is 0 Å². The first-order chi connectivity index (χ1) is 9.10. The van der Waals surface area contributed by atoms with E-state index in [1.807, 2.05) is 31.2 Å². The molecule has 1 rings (SSSR count). The minimum Gasteiger partial charge on any atom is -0.462 e. The first-order valence-electron chi connectivity index (χ1n) is 6.21. The van der Waals surface area contributed by atoms with Gasteiger partial charge in [0.1, 0.15) is 5.57 Å². The van der Waals surface area contributed by atoms with Gasteiger partial charge >= 0.3 is 11.9 Å². The molecule has 0 spiro atoms. The van der Waals surface area contributed by atoms with E-state index in [0.717, 1.165) is 11.1 Å². The van der Waals surface area contributed by atoms with Gasteiger partial charge in [0.2, 0.25) is 0 Å². The van der Waals surface area contributed by atoms with Crippen LogP contribution < -0.4 is 0 Å². The third kappa shape index (κ3) is 4.25. The number of aryl methyl sites for hydroxylation is 1. The summed E-state index contributed by atoms with van der Waals surface area (Å²) < 4.78 is 9.75. The van der Waals surface area contributed by atoms with Crippen molar-refractivity contribution in [1.29, 1.82) is 0 Å². The molecule has 0 aliphatic heterocycles. The SMILES string of the molecule is CCOC(=O)C(=Cc1ccccc1C)C(=O)OCC. The quantitative estimate of drug-likeness (QED) is 0.354. The van der Waals surface area contributed by atoms with Crippen molar-refractivity contribution in [1.82, 2.24) is 0 Å². The van der Waals surface area contributed by atoms with Crippen LogP contribution in [0.4, 0.5) is 0 Å². The molecule has 4 heteroatoms. The van der Waals surface area contributed by atoms with Gasteiger partial charge in [0.05, 0.1) is 13.2 Å². The van der Waals surface area contributed by atoms with Gasteiger partial charge in [0, 0.05) is 0 Å². The summed E-state index contributed by atoms with van der Waals surface area (Å²) >= 11 is 0. The highest BCUT2D eigenvalue weighted by molar-refractivity contribution is 6.17. The van der Waals surface area contributed by atoms with E-state index in [9.17, 15) is 9.59 Å². The van der Waals surface area contributed by atoms with E-state index in [-0.39, 0.29) is 18.8 Å². The molecule has 0 radical (unpaired) electrons. The van der Waals surface area contributed by atoms with Gasteiger partial charge in [-0.3, -0.25) is 0 Å². The highest BCUT2D eigenvalue weighted by Gasteiger charge is 2.21. The van der Waals surface area contributed by atoms with Crippen molar-refractivity contribution < 1.29 is 19.1 Å². The van der Waals surface area contributed by atoms with Crippen molar-refractivity contribution in [3.63, 3.8) is 0 Å². The van der Waals surface area contributed by atoms with Crippen LogP contribution in [0.3, 0.4) is 0 Å². The first-order valence-corrected chi connectivity index (χ1v) is 6.21. The number of esters is 2. The molecule has 0 heterocycles. The summed E-state index contributed by atoms with van der Waals surface area (Å²) in [6, 6.07) is 7.46. The average Bonchev–Trinajstić information content (AvgIpc) is 2.38. The van der Waals surface area contributed by atoms with Gasteiger partial charge in [0.15, 0.2) is 0 Å². The number of ether oxygens (including phenoxy) is 2. The average molecular weight is 262 g/mol. The highest BCUT2D eigenvalue weighted by atomic mass is 16.6. The standard InChI is InChI=1S/C15H18O4/c1-4-18-14(16)13(15(17)19-5-2)10-12-9-7-6-8-11(12)3/h6-10H,4-5H2,1-3H3. The molecule has 1 aromatic rings. The fourth-order valence-corrected chi connectivity index (χ4v) is 1.52. The Hall–Kier alpha value is -2.10. The van der Waals surface area contributed by atoms with Crippen molar-refractivity contribution in [2.45, 2.75) is 20.8 Å². The van der Waals surface area contributed by atoms with Crippen molar-refractivity contribution in [3.8, 4) is 0 Å². The lowest BCUT2D eigenvalue weighted by atomic mass is 10.1. The second-order valence-electron chi connectivity index (χ2n) is 3.86. The Kier molecular flexibility index (Phi) is 5.79. The molecule has 1 aromatic carbocycles. The molecule has 0 N–H and O–H groups in total. The van der Waals surface area contributed by atoms with Gasteiger partial charge in [-0.1, -0.05) is 24.3 Å². The Bertz CT molecular complexity index is 469. The van der Waals surface area contributed by atoms with Crippen molar-refractivity contribution in [3.05, 3.63) is 41.0 Å². The molecule has 19 heavy (non-hydrogen) atoms. The van der Waals surface area contributed by atoms with E-state index in [4.69, 9.17) is 9.47 Å². The summed E-state index contributed by atoms with van der Waals surface area (Å²) in [5.41, 5.74) is 1.67. The zero-order valence-electron chi connectivity index (χ0n) is 11.4. The monoisotopic (exact) mass is 262 g/mol. The molecule has 0 saturated carbocycles. The highest BCUT2D eigenvalue weighted by Crippen LogP contribution is 2.14. The van der Waals surface area contributed by atoms with Crippen molar-refractivity contribution >= 4 is 18.0 Å². The minimum absolute atomic E-state index is 0.0852. The van der Waals surface area contributed by atoms with Crippen LogP contribution in [0.5, 0.6) is 0 Å². The minimum atomic E-state index is -0.663. The Morgan fingerprint density at radius 3 is 2.05 bits per heavy atom. The molecule has 0 atom stereocenters. The summed E-state index contributed by atoms with van der Waals surface area (Å²) in [5.74, 6) is -1.33. The van der Waals surface area contributed by atoms with Gasteiger partial charge in [-0.2, -0.15) is 0 Å². The van der Waals surface area contributed by atoms with E-state index in [2.05, 4.69) is 0 Å². The topological polar surface area (TPSA) is 52.6 Å². The number of carbonyl (C=O) groups excluding carboxylic acids is 2. The summed E-state index contributed by atoms with van der Waals surface area (Å²) in [6.45, 7) is 5.70. The lowest BCUT2D eigenvalue weighted by Gasteiger charge is -2.07.